The van der Waals surface area contributed by atoms with Crippen LogP contribution in [0, 0.1) is 20.8 Å². The molecule has 3 aromatic carbocycles. The molecule has 7 nitrogen and oxygen atoms in total. The number of urea groups is 1. The van der Waals surface area contributed by atoms with Crippen LogP contribution in [0.25, 0.3) is 16.8 Å². The van der Waals surface area contributed by atoms with E-state index in [0.717, 1.165) is 46.5 Å². The Labute approximate surface area is 234 Å². The van der Waals surface area contributed by atoms with Crippen molar-refractivity contribution in [1.82, 2.24) is 14.7 Å². The Morgan fingerprint density at radius 2 is 1.67 bits per heavy atom. The summed E-state index contributed by atoms with van der Waals surface area (Å²) in [5.41, 5.74) is 6.03. The van der Waals surface area contributed by atoms with Gasteiger partial charge in [-0.3, -0.25) is 4.79 Å². The smallest absolute Gasteiger partial charge is 0.315 e. The van der Waals surface area contributed by atoms with Crippen LogP contribution in [0.1, 0.15) is 36.6 Å². The maximum atomic E-state index is 13.5. The molecule has 0 bridgehead atoms. The number of rotatable bonds is 9. The highest BCUT2D eigenvalue weighted by Crippen LogP contribution is 2.33. The SMILES string of the molecule is CCCCN(CC(=O)Nc1c(-c2ccccc2)c(C)nn1-c1ccc(C)cc1)C(=O)Nc1ccc(C)c(Cl)c1. The standard InChI is InChI=1S/C31H34ClN5O2/c1-5-6-18-36(31(39)33-25-15-14-22(3)27(32)19-25)20-28(38)34-30-29(24-10-8-7-9-11-24)23(4)35-37(30)26-16-12-21(2)13-17-26/h7-17,19H,5-6,18,20H2,1-4H3,(H,33,39)(H,34,38). The van der Waals surface area contributed by atoms with E-state index in [1.165, 1.54) is 4.90 Å². The molecule has 0 aliphatic heterocycles. The van der Waals surface area contributed by atoms with Gasteiger partial charge in [0.2, 0.25) is 5.91 Å². The predicted molar refractivity (Wildman–Crippen MR) is 159 cm³/mol. The number of anilines is 2. The summed E-state index contributed by atoms with van der Waals surface area (Å²) >= 11 is 6.24. The van der Waals surface area contributed by atoms with Crippen molar-refractivity contribution in [3.05, 3.63) is 94.6 Å². The summed E-state index contributed by atoms with van der Waals surface area (Å²) in [6.07, 6.45) is 1.66. The summed E-state index contributed by atoms with van der Waals surface area (Å²) in [5.74, 6) is 0.252. The van der Waals surface area contributed by atoms with Crippen LogP contribution in [0.3, 0.4) is 0 Å². The van der Waals surface area contributed by atoms with Gasteiger partial charge in [0.25, 0.3) is 0 Å². The van der Waals surface area contributed by atoms with Crippen LogP contribution in [-0.2, 0) is 4.79 Å². The largest absolute Gasteiger partial charge is 0.322 e. The van der Waals surface area contributed by atoms with E-state index in [1.807, 2.05) is 88.4 Å². The molecule has 0 aliphatic rings. The van der Waals surface area contributed by atoms with Gasteiger partial charge >= 0.3 is 6.03 Å². The van der Waals surface area contributed by atoms with Crippen molar-refractivity contribution >= 4 is 35.0 Å². The van der Waals surface area contributed by atoms with Crippen LogP contribution in [0.4, 0.5) is 16.3 Å². The molecule has 1 aromatic heterocycles. The van der Waals surface area contributed by atoms with Gasteiger partial charge in [-0.2, -0.15) is 5.10 Å². The molecule has 1 heterocycles. The number of hydrogen-bond donors (Lipinski definition) is 2. The van der Waals surface area contributed by atoms with E-state index in [2.05, 4.69) is 10.6 Å². The van der Waals surface area contributed by atoms with Crippen molar-refractivity contribution in [3.63, 3.8) is 0 Å². The average molecular weight is 544 g/mol. The molecule has 0 atom stereocenters. The van der Waals surface area contributed by atoms with Crippen LogP contribution in [-0.4, -0.2) is 39.7 Å². The third-order valence-electron chi connectivity index (χ3n) is 6.49. The molecule has 39 heavy (non-hydrogen) atoms. The Hall–Kier alpha value is -4.10. The highest BCUT2D eigenvalue weighted by molar-refractivity contribution is 6.31. The molecule has 202 valence electrons. The Kier molecular flexibility index (Phi) is 9.04. The summed E-state index contributed by atoms with van der Waals surface area (Å²) in [6.45, 7) is 8.23. The number of aromatic nitrogens is 2. The number of benzene rings is 3. The molecule has 0 aliphatic carbocycles. The second kappa shape index (κ2) is 12.6. The zero-order valence-electron chi connectivity index (χ0n) is 22.8. The van der Waals surface area contributed by atoms with E-state index in [4.69, 9.17) is 16.7 Å². The molecule has 0 unspecified atom stereocenters. The highest BCUT2D eigenvalue weighted by atomic mass is 35.5. The van der Waals surface area contributed by atoms with Crippen LogP contribution >= 0.6 is 11.6 Å². The third kappa shape index (κ3) is 6.86. The van der Waals surface area contributed by atoms with Gasteiger partial charge in [-0.15, -0.1) is 0 Å². The fourth-order valence-electron chi connectivity index (χ4n) is 4.29. The minimum atomic E-state index is -0.356. The number of amides is 3. The maximum absolute atomic E-state index is 13.5. The van der Waals surface area contributed by atoms with Gasteiger partial charge in [0.15, 0.2) is 0 Å². The van der Waals surface area contributed by atoms with E-state index >= 15 is 0 Å². The average Bonchev–Trinajstić information content (AvgIpc) is 3.24. The molecular formula is C31H34ClN5O2. The lowest BCUT2D eigenvalue weighted by atomic mass is 10.1. The van der Waals surface area contributed by atoms with Crippen LogP contribution in [0.2, 0.25) is 5.02 Å². The van der Waals surface area contributed by atoms with Gasteiger partial charge in [-0.05, 0) is 62.6 Å². The number of unbranched alkanes of at least 4 members (excludes halogenated alkanes) is 1. The number of aryl methyl sites for hydroxylation is 3. The zero-order valence-corrected chi connectivity index (χ0v) is 23.5. The molecule has 4 rings (SSSR count). The zero-order chi connectivity index (χ0) is 27.9. The predicted octanol–water partition coefficient (Wildman–Crippen LogP) is 7.39. The number of carbonyl (C=O) groups excluding carboxylic acids is 2. The van der Waals surface area contributed by atoms with E-state index in [1.54, 1.807) is 16.8 Å². The number of halogens is 1. The fraction of sp³-hybridized carbons (Fsp3) is 0.258. The van der Waals surface area contributed by atoms with Crippen molar-refractivity contribution in [2.24, 2.45) is 0 Å². The first kappa shape index (κ1) is 27.9. The number of nitrogens with zero attached hydrogens (tertiary/aromatic N) is 3. The minimum absolute atomic E-state index is 0.113. The maximum Gasteiger partial charge on any atom is 0.322 e. The van der Waals surface area contributed by atoms with Crippen LogP contribution in [0.5, 0.6) is 0 Å². The Morgan fingerprint density at radius 3 is 2.33 bits per heavy atom. The van der Waals surface area contributed by atoms with Crippen molar-refractivity contribution in [2.75, 3.05) is 23.7 Å². The third-order valence-corrected chi connectivity index (χ3v) is 6.89. The molecule has 0 spiro atoms. The van der Waals surface area contributed by atoms with E-state index in [0.29, 0.717) is 23.1 Å². The number of hydrogen-bond acceptors (Lipinski definition) is 3. The molecule has 3 amide bonds. The normalized spacial score (nSPS) is 10.8. The molecule has 0 saturated heterocycles. The highest BCUT2D eigenvalue weighted by Gasteiger charge is 2.23. The van der Waals surface area contributed by atoms with Gasteiger partial charge in [0.05, 0.1) is 11.4 Å². The second-order valence-electron chi connectivity index (χ2n) is 9.64. The van der Waals surface area contributed by atoms with Crippen molar-refractivity contribution in [1.29, 1.82) is 0 Å². The first-order chi connectivity index (χ1) is 18.8. The van der Waals surface area contributed by atoms with Crippen molar-refractivity contribution in [3.8, 4) is 16.8 Å². The molecule has 8 heteroatoms. The van der Waals surface area contributed by atoms with Crippen molar-refractivity contribution in [2.45, 2.75) is 40.5 Å². The quantitative estimate of drug-likeness (QED) is 0.231. The van der Waals surface area contributed by atoms with E-state index < -0.39 is 0 Å². The molecule has 0 saturated carbocycles. The molecule has 0 radical (unpaired) electrons. The summed E-state index contributed by atoms with van der Waals surface area (Å²) in [6, 6.07) is 22.8. The second-order valence-corrected chi connectivity index (χ2v) is 10.0. The molecule has 0 fully saturated rings. The van der Waals surface area contributed by atoms with Gasteiger partial charge in [-0.25, -0.2) is 9.48 Å². The summed E-state index contributed by atoms with van der Waals surface area (Å²) in [5, 5.41) is 11.3. The minimum Gasteiger partial charge on any atom is -0.315 e. The van der Waals surface area contributed by atoms with Crippen molar-refractivity contribution < 1.29 is 9.59 Å². The summed E-state index contributed by atoms with van der Waals surface area (Å²) in [4.78, 5) is 28.2. The number of nitrogens with one attached hydrogen (secondary N) is 2. The fourth-order valence-corrected chi connectivity index (χ4v) is 4.47. The van der Waals surface area contributed by atoms with E-state index in [9.17, 15) is 9.59 Å². The van der Waals surface area contributed by atoms with Crippen LogP contribution < -0.4 is 10.6 Å². The van der Waals surface area contributed by atoms with Gasteiger partial charge in [0, 0.05) is 22.8 Å². The number of carbonyl (C=O) groups is 2. The van der Waals surface area contributed by atoms with Crippen LogP contribution in [0.15, 0.2) is 72.8 Å². The Balaban J connectivity index is 1.62. The lowest BCUT2D eigenvalue weighted by Gasteiger charge is -2.23. The first-order valence-electron chi connectivity index (χ1n) is 13.1. The Bertz CT molecular complexity index is 1450. The molecule has 2 N–H and O–H groups in total. The molecular weight excluding hydrogens is 510 g/mol. The van der Waals surface area contributed by atoms with Gasteiger partial charge in [0.1, 0.15) is 12.4 Å². The van der Waals surface area contributed by atoms with Gasteiger partial charge in [-0.1, -0.05) is 79.0 Å². The first-order valence-corrected chi connectivity index (χ1v) is 13.5. The molecule has 4 aromatic rings. The lowest BCUT2D eigenvalue weighted by Crippen LogP contribution is -2.41. The lowest BCUT2D eigenvalue weighted by molar-refractivity contribution is -0.116. The topological polar surface area (TPSA) is 79.3 Å². The summed E-state index contributed by atoms with van der Waals surface area (Å²) < 4.78 is 1.75. The van der Waals surface area contributed by atoms with E-state index in [-0.39, 0.29) is 18.5 Å². The Morgan fingerprint density at radius 1 is 0.949 bits per heavy atom. The van der Waals surface area contributed by atoms with Gasteiger partial charge < -0.3 is 15.5 Å². The summed E-state index contributed by atoms with van der Waals surface area (Å²) in [7, 11) is 0. The monoisotopic (exact) mass is 543 g/mol.